The third-order valence-corrected chi connectivity index (χ3v) is 3.82. The van der Waals surface area contributed by atoms with Gasteiger partial charge in [-0.15, -0.1) is 0 Å². The molecule has 1 heterocycles. The van der Waals surface area contributed by atoms with Crippen molar-refractivity contribution in [2.24, 2.45) is 0 Å². The number of nitrogens with zero attached hydrogens (tertiary/aromatic N) is 2. The first kappa shape index (κ1) is 14.3. The van der Waals surface area contributed by atoms with Gasteiger partial charge in [0.2, 0.25) is 5.91 Å². The Labute approximate surface area is 118 Å². The van der Waals surface area contributed by atoms with Gasteiger partial charge in [-0.3, -0.25) is 9.69 Å². The number of hydrogen-bond donors (Lipinski definition) is 0. The summed E-state index contributed by atoms with van der Waals surface area (Å²) in [5, 5.41) is 0.621. The van der Waals surface area contributed by atoms with Crippen molar-refractivity contribution >= 4 is 23.2 Å². The number of methoxy groups -OCH3 is 1. The number of amides is 1. The molecule has 104 valence electrons. The molecule has 1 fully saturated rings. The summed E-state index contributed by atoms with van der Waals surface area (Å²) in [6.45, 7) is 2.10. The van der Waals surface area contributed by atoms with E-state index in [0.29, 0.717) is 18.2 Å². The molecule has 0 N–H and O–H groups in total. The Balaban J connectivity index is 2.08. The SMILES string of the molecule is COCCN(C)C1CCN(c2ccccc2Cl)C1=O. The number of carbonyl (C=O) groups excluding carboxylic acids is 1. The predicted octanol–water partition coefficient (Wildman–Crippen LogP) is 2.02. The van der Waals surface area contributed by atoms with E-state index in [1.54, 1.807) is 12.0 Å². The number of halogens is 1. The number of hydrogen-bond acceptors (Lipinski definition) is 3. The highest BCUT2D eigenvalue weighted by atomic mass is 35.5. The number of rotatable bonds is 5. The van der Waals surface area contributed by atoms with Crippen LogP contribution in [0.15, 0.2) is 24.3 Å². The Kier molecular flexibility index (Phi) is 4.80. The second kappa shape index (κ2) is 6.37. The average Bonchev–Trinajstić information content (AvgIpc) is 2.78. The molecule has 0 saturated carbocycles. The first-order valence-corrected chi connectivity index (χ1v) is 6.78. The molecule has 0 aliphatic carbocycles. The van der Waals surface area contributed by atoms with Crippen molar-refractivity contribution in [2.75, 3.05) is 38.8 Å². The van der Waals surface area contributed by atoms with Crippen molar-refractivity contribution in [1.29, 1.82) is 0 Å². The number of benzene rings is 1. The summed E-state index contributed by atoms with van der Waals surface area (Å²) in [5.74, 6) is 0.117. The normalized spacial score (nSPS) is 19.5. The fourth-order valence-electron chi connectivity index (χ4n) is 2.37. The van der Waals surface area contributed by atoms with E-state index in [4.69, 9.17) is 16.3 Å². The van der Waals surface area contributed by atoms with Gasteiger partial charge in [0.1, 0.15) is 0 Å². The van der Waals surface area contributed by atoms with E-state index in [2.05, 4.69) is 0 Å². The van der Waals surface area contributed by atoms with E-state index in [1.807, 2.05) is 36.2 Å². The monoisotopic (exact) mass is 282 g/mol. The summed E-state index contributed by atoms with van der Waals surface area (Å²) in [6, 6.07) is 7.39. The Morgan fingerprint density at radius 1 is 1.47 bits per heavy atom. The van der Waals surface area contributed by atoms with Crippen LogP contribution in [0.4, 0.5) is 5.69 Å². The zero-order valence-corrected chi connectivity index (χ0v) is 12.1. The maximum absolute atomic E-state index is 12.4. The van der Waals surface area contributed by atoms with Crippen LogP contribution in [0.5, 0.6) is 0 Å². The lowest BCUT2D eigenvalue weighted by atomic mass is 10.2. The molecule has 19 heavy (non-hydrogen) atoms. The predicted molar refractivity (Wildman–Crippen MR) is 76.7 cm³/mol. The molecule has 0 aromatic heterocycles. The first-order valence-electron chi connectivity index (χ1n) is 6.40. The lowest BCUT2D eigenvalue weighted by molar-refractivity contribution is -0.121. The number of para-hydroxylation sites is 1. The highest BCUT2D eigenvalue weighted by Gasteiger charge is 2.35. The Morgan fingerprint density at radius 2 is 2.21 bits per heavy atom. The maximum atomic E-state index is 12.4. The van der Waals surface area contributed by atoms with Crippen LogP contribution < -0.4 is 4.90 Å². The number of anilines is 1. The summed E-state index contributed by atoms with van der Waals surface area (Å²) >= 11 is 6.15. The molecular formula is C14H19ClN2O2. The van der Waals surface area contributed by atoms with Crippen molar-refractivity contribution in [3.8, 4) is 0 Å². The third kappa shape index (κ3) is 3.08. The summed E-state index contributed by atoms with van der Waals surface area (Å²) in [5.41, 5.74) is 0.803. The molecule has 2 rings (SSSR count). The minimum absolute atomic E-state index is 0.0774. The zero-order chi connectivity index (χ0) is 13.8. The van der Waals surface area contributed by atoms with E-state index in [1.165, 1.54) is 0 Å². The highest BCUT2D eigenvalue weighted by molar-refractivity contribution is 6.33. The Bertz CT molecular complexity index is 453. The molecule has 0 radical (unpaired) electrons. The van der Waals surface area contributed by atoms with E-state index in [9.17, 15) is 4.79 Å². The van der Waals surface area contributed by atoms with Gasteiger partial charge in [0.25, 0.3) is 0 Å². The van der Waals surface area contributed by atoms with Gasteiger partial charge in [-0.25, -0.2) is 0 Å². The summed E-state index contributed by atoms with van der Waals surface area (Å²) in [7, 11) is 3.62. The average molecular weight is 283 g/mol. The molecule has 1 aromatic carbocycles. The molecule has 1 amide bonds. The molecule has 0 bridgehead atoms. The first-order chi connectivity index (χ1) is 9.15. The maximum Gasteiger partial charge on any atom is 0.244 e. The van der Waals surface area contributed by atoms with Crippen LogP contribution in [-0.4, -0.2) is 50.7 Å². The van der Waals surface area contributed by atoms with Crippen molar-refractivity contribution in [1.82, 2.24) is 4.90 Å². The van der Waals surface area contributed by atoms with Crippen LogP contribution in [0.1, 0.15) is 6.42 Å². The minimum atomic E-state index is -0.0774. The number of ether oxygens (including phenoxy) is 1. The molecule has 5 heteroatoms. The molecule has 0 spiro atoms. The standard InChI is InChI=1S/C14H19ClN2O2/c1-16(9-10-19-2)13-7-8-17(14(13)18)12-6-4-3-5-11(12)15/h3-6,13H,7-10H2,1-2H3. The van der Waals surface area contributed by atoms with Crippen molar-refractivity contribution in [3.63, 3.8) is 0 Å². The summed E-state index contributed by atoms with van der Waals surface area (Å²) < 4.78 is 5.05. The van der Waals surface area contributed by atoms with Gasteiger partial charge in [0, 0.05) is 20.2 Å². The van der Waals surface area contributed by atoms with Crippen LogP contribution in [0.2, 0.25) is 5.02 Å². The van der Waals surface area contributed by atoms with Gasteiger partial charge < -0.3 is 9.64 Å². The van der Waals surface area contributed by atoms with Crippen LogP contribution >= 0.6 is 11.6 Å². The summed E-state index contributed by atoms with van der Waals surface area (Å²) in [6.07, 6.45) is 0.824. The van der Waals surface area contributed by atoms with E-state index >= 15 is 0 Å². The second-order valence-corrected chi connectivity index (χ2v) is 5.13. The van der Waals surface area contributed by atoms with Crippen molar-refractivity contribution < 1.29 is 9.53 Å². The van der Waals surface area contributed by atoms with E-state index in [-0.39, 0.29) is 11.9 Å². The minimum Gasteiger partial charge on any atom is -0.383 e. The van der Waals surface area contributed by atoms with Crippen molar-refractivity contribution in [2.45, 2.75) is 12.5 Å². The fourth-order valence-corrected chi connectivity index (χ4v) is 2.61. The van der Waals surface area contributed by atoms with Crippen LogP contribution in [0.25, 0.3) is 0 Å². The molecule has 4 nitrogen and oxygen atoms in total. The van der Waals surface area contributed by atoms with Crippen molar-refractivity contribution in [3.05, 3.63) is 29.3 Å². The lowest BCUT2D eigenvalue weighted by Gasteiger charge is -2.23. The summed E-state index contributed by atoms with van der Waals surface area (Å²) in [4.78, 5) is 16.3. The van der Waals surface area contributed by atoms with Gasteiger partial charge in [0.05, 0.1) is 23.4 Å². The zero-order valence-electron chi connectivity index (χ0n) is 11.3. The molecular weight excluding hydrogens is 264 g/mol. The lowest BCUT2D eigenvalue weighted by Crippen LogP contribution is -2.41. The Hall–Kier alpha value is -1.10. The highest BCUT2D eigenvalue weighted by Crippen LogP contribution is 2.30. The third-order valence-electron chi connectivity index (χ3n) is 3.50. The van der Waals surface area contributed by atoms with Gasteiger partial charge in [0.15, 0.2) is 0 Å². The van der Waals surface area contributed by atoms with Crippen LogP contribution in [0.3, 0.4) is 0 Å². The van der Waals surface area contributed by atoms with E-state index in [0.717, 1.165) is 18.7 Å². The molecule has 1 unspecified atom stereocenters. The largest absolute Gasteiger partial charge is 0.383 e. The van der Waals surface area contributed by atoms with Gasteiger partial charge in [-0.1, -0.05) is 23.7 Å². The van der Waals surface area contributed by atoms with E-state index < -0.39 is 0 Å². The van der Waals surface area contributed by atoms with Crippen LogP contribution in [0, 0.1) is 0 Å². The van der Waals surface area contributed by atoms with Gasteiger partial charge in [-0.05, 0) is 25.6 Å². The second-order valence-electron chi connectivity index (χ2n) is 4.72. The molecule has 1 aliphatic heterocycles. The number of likely N-dealkylation sites (N-methyl/N-ethyl adjacent to an activating group) is 1. The molecule has 1 aliphatic rings. The smallest absolute Gasteiger partial charge is 0.244 e. The number of carbonyl (C=O) groups is 1. The Morgan fingerprint density at radius 3 is 2.89 bits per heavy atom. The topological polar surface area (TPSA) is 32.8 Å². The molecule has 1 atom stereocenters. The molecule has 1 saturated heterocycles. The van der Waals surface area contributed by atoms with Crippen LogP contribution in [-0.2, 0) is 9.53 Å². The fraction of sp³-hybridized carbons (Fsp3) is 0.500. The molecule has 1 aromatic rings. The quantitative estimate of drug-likeness (QED) is 0.828. The van der Waals surface area contributed by atoms with Gasteiger partial charge in [-0.2, -0.15) is 0 Å². The van der Waals surface area contributed by atoms with Gasteiger partial charge >= 0.3 is 0 Å².